The van der Waals surface area contributed by atoms with E-state index in [-0.39, 0.29) is 24.0 Å². The number of carboxylic acids is 1. The molecular weight excluding hydrogens is 272 g/mol. The molecule has 7 nitrogen and oxygen atoms in total. The van der Waals surface area contributed by atoms with Gasteiger partial charge >= 0.3 is 12.0 Å². The molecule has 8 heteroatoms. The van der Waals surface area contributed by atoms with Crippen LogP contribution in [0.15, 0.2) is 0 Å². The van der Waals surface area contributed by atoms with Crippen LogP contribution in [0.4, 0.5) is 4.79 Å². The van der Waals surface area contributed by atoms with Crippen molar-refractivity contribution in [2.75, 3.05) is 18.1 Å². The average molecular weight is 292 g/mol. The molecule has 0 aromatic carbocycles. The van der Waals surface area contributed by atoms with E-state index < -0.39 is 27.9 Å². The average Bonchev–Trinajstić information content (AvgIpc) is 2.66. The van der Waals surface area contributed by atoms with Crippen LogP contribution in [0.25, 0.3) is 0 Å². The zero-order chi connectivity index (χ0) is 14.5. The SMILES string of the molecule is CCCC(NC(=O)NCC1CCS(=O)(=O)C1)C(=O)O. The number of nitrogens with one attached hydrogen (secondary N) is 2. The van der Waals surface area contributed by atoms with E-state index in [1.54, 1.807) is 0 Å². The van der Waals surface area contributed by atoms with Gasteiger partial charge in [-0.2, -0.15) is 0 Å². The first-order chi connectivity index (χ1) is 8.84. The van der Waals surface area contributed by atoms with Crippen molar-refractivity contribution < 1.29 is 23.1 Å². The van der Waals surface area contributed by atoms with Crippen LogP contribution in [0.5, 0.6) is 0 Å². The molecule has 1 fully saturated rings. The number of rotatable bonds is 6. The number of urea groups is 1. The molecule has 1 heterocycles. The topological polar surface area (TPSA) is 113 Å². The summed E-state index contributed by atoms with van der Waals surface area (Å²) >= 11 is 0. The van der Waals surface area contributed by atoms with Crippen LogP contribution in [0.3, 0.4) is 0 Å². The van der Waals surface area contributed by atoms with Crippen molar-refractivity contribution in [1.82, 2.24) is 10.6 Å². The number of hydrogen-bond acceptors (Lipinski definition) is 4. The second-order valence-electron chi connectivity index (χ2n) is 4.80. The highest BCUT2D eigenvalue weighted by atomic mass is 32.2. The van der Waals surface area contributed by atoms with Gasteiger partial charge in [-0.25, -0.2) is 18.0 Å². The van der Waals surface area contributed by atoms with Gasteiger partial charge < -0.3 is 15.7 Å². The van der Waals surface area contributed by atoms with Gasteiger partial charge in [0.05, 0.1) is 11.5 Å². The molecule has 2 amide bonds. The van der Waals surface area contributed by atoms with Gasteiger partial charge in [-0.15, -0.1) is 0 Å². The van der Waals surface area contributed by atoms with E-state index in [4.69, 9.17) is 5.11 Å². The Morgan fingerprint density at radius 1 is 1.42 bits per heavy atom. The van der Waals surface area contributed by atoms with Crippen molar-refractivity contribution in [3.8, 4) is 0 Å². The molecule has 1 rings (SSSR count). The van der Waals surface area contributed by atoms with Crippen molar-refractivity contribution >= 4 is 21.8 Å². The predicted molar refractivity (Wildman–Crippen MR) is 69.6 cm³/mol. The summed E-state index contributed by atoms with van der Waals surface area (Å²) in [5, 5.41) is 13.8. The van der Waals surface area contributed by atoms with Gasteiger partial charge in [0.1, 0.15) is 6.04 Å². The number of aliphatic carboxylic acids is 1. The Hall–Kier alpha value is -1.31. The van der Waals surface area contributed by atoms with Gasteiger partial charge in [0, 0.05) is 6.54 Å². The van der Waals surface area contributed by atoms with Gasteiger partial charge in [0.25, 0.3) is 0 Å². The fraction of sp³-hybridized carbons (Fsp3) is 0.818. The predicted octanol–water partition coefficient (Wildman–Crippen LogP) is -0.0264. The molecule has 0 radical (unpaired) electrons. The van der Waals surface area contributed by atoms with Crippen LogP contribution >= 0.6 is 0 Å². The standard InChI is InChI=1S/C11H20N2O5S/c1-2-3-9(10(14)15)13-11(16)12-6-8-4-5-19(17,18)7-8/h8-9H,2-7H2,1H3,(H,14,15)(H2,12,13,16). The summed E-state index contributed by atoms with van der Waals surface area (Å²) in [7, 11) is -2.95. The lowest BCUT2D eigenvalue weighted by Gasteiger charge is -2.15. The Morgan fingerprint density at radius 2 is 2.11 bits per heavy atom. The van der Waals surface area contributed by atoms with E-state index in [0.29, 0.717) is 19.3 Å². The Morgan fingerprint density at radius 3 is 2.58 bits per heavy atom. The Bertz CT molecular complexity index is 434. The zero-order valence-corrected chi connectivity index (χ0v) is 11.7. The van der Waals surface area contributed by atoms with Gasteiger partial charge in [0.2, 0.25) is 0 Å². The van der Waals surface area contributed by atoms with Gasteiger partial charge in [0.15, 0.2) is 9.84 Å². The molecule has 0 spiro atoms. The number of carbonyl (C=O) groups excluding carboxylic acids is 1. The molecule has 3 N–H and O–H groups in total. The van der Waals surface area contributed by atoms with Crippen molar-refractivity contribution in [3.63, 3.8) is 0 Å². The monoisotopic (exact) mass is 292 g/mol. The zero-order valence-electron chi connectivity index (χ0n) is 10.9. The minimum Gasteiger partial charge on any atom is -0.480 e. The van der Waals surface area contributed by atoms with Crippen molar-refractivity contribution in [3.05, 3.63) is 0 Å². The number of carboxylic acid groups (broad SMARTS) is 1. The summed E-state index contributed by atoms with van der Waals surface area (Å²) in [5.74, 6) is -0.898. The fourth-order valence-electron chi connectivity index (χ4n) is 2.03. The van der Waals surface area contributed by atoms with E-state index in [1.165, 1.54) is 0 Å². The Kier molecular flexibility index (Phi) is 5.59. The summed E-state index contributed by atoms with van der Waals surface area (Å²) < 4.78 is 22.5. The van der Waals surface area contributed by atoms with Crippen LogP contribution in [-0.2, 0) is 14.6 Å². The summed E-state index contributed by atoms with van der Waals surface area (Å²) in [6.07, 6.45) is 1.55. The smallest absolute Gasteiger partial charge is 0.326 e. The van der Waals surface area contributed by atoms with Crippen molar-refractivity contribution in [2.24, 2.45) is 5.92 Å². The molecule has 1 saturated heterocycles. The summed E-state index contributed by atoms with van der Waals surface area (Å²) in [6, 6.07) is -1.47. The third kappa shape index (κ3) is 5.46. The maximum atomic E-state index is 11.5. The van der Waals surface area contributed by atoms with Crippen LogP contribution < -0.4 is 10.6 Å². The molecule has 19 heavy (non-hydrogen) atoms. The molecular formula is C11H20N2O5S. The number of hydrogen-bond donors (Lipinski definition) is 3. The lowest BCUT2D eigenvalue weighted by atomic mass is 10.1. The van der Waals surface area contributed by atoms with E-state index in [0.717, 1.165) is 0 Å². The van der Waals surface area contributed by atoms with Crippen LogP contribution in [-0.4, -0.2) is 49.6 Å². The van der Waals surface area contributed by atoms with Crippen molar-refractivity contribution in [2.45, 2.75) is 32.2 Å². The lowest BCUT2D eigenvalue weighted by molar-refractivity contribution is -0.139. The van der Waals surface area contributed by atoms with Crippen molar-refractivity contribution in [1.29, 1.82) is 0 Å². The minimum atomic E-state index is -2.95. The molecule has 0 aromatic heterocycles. The third-order valence-electron chi connectivity index (χ3n) is 3.06. The normalized spacial score (nSPS) is 22.7. The van der Waals surface area contributed by atoms with Crippen LogP contribution in [0.1, 0.15) is 26.2 Å². The molecule has 1 aliphatic rings. The maximum Gasteiger partial charge on any atom is 0.326 e. The lowest BCUT2D eigenvalue weighted by Crippen LogP contribution is -2.47. The highest BCUT2D eigenvalue weighted by Gasteiger charge is 2.28. The minimum absolute atomic E-state index is 0.0785. The summed E-state index contributed by atoms with van der Waals surface area (Å²) in [6.45, 7) is 2.09. The van der Waals surface area contributed by atoms with E-state index in [2.05, 4.69) is 10.6 Å². The fourth-order valence-corrected chi connectivity index (χ4v) is 3.89. The van der Waals surface area contributed by atoms with E-state index in [1.807, 2.05) is 6.92 Å². The Labute approximate surface area is 112 Å². The molecule has 0 aromatic rings. The first-order valence-electron chi connectivity index (χ1n) is 6.31. The van der Waals surface area contributed by atoms with Gasteiger partial charge in [-0.1, -0.05) is 13.3 Å². The Balaban J connectivity index is 2.33. The van der Waals surface area contributed by atoms with Crippen LogP contribution in [0.2, 0.25) is 0 Å². The maximum absolute atomic E-state index is 11.5. The number of sulfone groups is 1. The number of carbonyl (C=O) groups is 2. The van der Waals surface area contributed by atoms with Gasteiger partial charge in [-0.3, -0.25) is 0 Å². The largest absolute Gasteiger partial charge is 0.480 e. The first kappa shape index (κ1) is 15.7. The molecule has 110 valence electrons. The molecule has 1 aliphatic heterocycles. The quantitative estimate of drug-likeness (QED) is 0.636. The molecule has 0 saturated carbocycles. The molecule has 2 unspecified atom stereocenters. The van der Waals surface area contributed by atoms with E-state index >= 15 is 0 Å². The number of amides is 2. The molecule has 2 atom stereocenters. The molecule has 0 bridgehead atoms. The molecule has 0 aliphatic carbocycles. The highest BCUT2D eigenvalue weighted by Crippen LogP contribution is 2.17. The van der Waals surface area contributed by atoms with E-state index in [9.17, 15) is 18.0 Å². The van der Waals surface area contributed by atoms with Crippen LogP contribution in [0, 0.1) is 5.92 Å². The second-order valence-corrected chi connectivity index (χ2v) is 7.03. The second kappa shape index (κ2) is 6.74. The third-order valence-corrected chi connectivity index (χ3v) is 4.90. The highest BCUT2D eigenvalue weighted by molar-refractivity contribution is 7.91. The summed E-state index contributed by atoms with van der Waals surface area (Å²) in [4.78, 5) is 22.4. The summed E-state index contributed by atoms with van der Waals surface area (Å²) in [5.41, 5.74) is 0. The first-order valence-corrected chi connectivity index (χ1v) is 8.13. The van der Waals surface area contributed by atoms with Gasteiger partial charge in [-0.05, 0) is 18.8 Å².